The fourth-order valence-electron chi connectivity index (χ4n) is 7.43. The van der Waals surface area contributed by atoms with Gasteiger partial charge in [-0.1, -0.05) is 36.4 Å². The van der Waals surface area contributed by atoms with E-state index < -0.39 is 40.9 Å². The minimum Gasteiger partial charge on any atom is -0.505 e. The van der Waals surface area contributed by atoms with Gasteiger partial charge >= 0.3 is 12.1 Å². The number of benzene rings is 6. The number of imide groups is 1. The Bertz CT molecular complexity index is 3260. The van der Waals surface area contributed by atoms with Gasteiger partial charge in [0.1, 0.15) is 50.3 Å². The Morgan fingerprint density at radius 2 is 1.14 bits per heavy atom. The van der Waals surface area contributed by atoms with Gasteiger partial charge in [0.05, 0.1) is 23.9 Å². The lowest BCUT2D eigenvalue weighted by molar-refractivity contribution is -0.150. The number of phenolic OH excluding ortho intramolecular Hbond substituents is 2. The van der Waals surface area contributed by atoms with Crippen molar-refractivity contribution >= 4 is 92.1 Å². The van der Waals surface area contributed by atoms with Gasteiger partial charge in [0.2, 0.25) is 12.2 Å². The van der Waals surface area contributed by atoms with Crippen molar-refractivity contribution in [3.63, 3.8) is 0 Å². The van der Waals surface area contributed by atoms with Crippen molar-refractivity contribution in [1.29, 1.82) is 0 Å². The predicted molar refractivity (Wildman–Crippen MR) is 273 cm³/mol. The number of halogens is 2. The van der Waals surface area contributed by atoms with Gasteiger partial charge in [-0.3, -0.25) is 4.79 Å². The molecule has 21 heteroatoms. The molecule has 0 spiro atoms. The summed E-state index contributed by atoms with van der Waals surface area (Å²) in [6, 6.07) is 35.5. The second-order valence-electron chi connectivity index (χ2n) is 16.7. The van der Waals surface area contributed by atoms with Crippen molar-refractivity contribution in [1.82, 2.24) is 30.0 Å². The van der Waals surface area contributed by atoms with Gasteiger partial charge in [-0.05, 0) is 110 Å². The molecule has 2 amide bonds. The van der Waals surface area contributed by atoms with Crippen LogP contribution >= 0.6 is 23.2 Å². The third-order valence-corrected chi connectivity index (χ3v) is 12.1. The van der Waals surface area contributed by atoms with E-state index in [4.69, 9.17) is 27.9 Å². The van der Waals surface area contributed by atoms with E-state index in [-0.39, 0.29) is 22.6 Å². The number of nitrogens with zero attached hydrogens (tertiary/aromatic N) is 10. The van der Waals surface area contributed by atoms with Crippen LogP contribution in [0.25, 0.3) is 33.4 Å². The fraction of sp³-hybridized carbons (Fsp3) is 0.216. The highest BCUT2D eigenvalue weighted by Gasteiger charge is 2.47. The SMILES string of the molecule is CN(C)c1ccc(N=C=O)cc1.COC(=O)C(O)C(Cl)c1cc(C)cc(-n2nc3ccccc3n2)c1O.Cc1cc(C(Cl)C2OC(=O)N(c3ccc(N(C)C)cc3)C2=O)c(O)c(-n2nc3ccccc3n2)c1. The van der Waals surface area contributed by atoms with Crippen molar-refractivity contribution in [3.05, 3.63) is 144 Å². The Labute approximate surface area is 422 Å². The lowest BCUT2D eigenvalue weighted by atomic mass is 10.0. The fourth-order valence-corrected chi connectivity index (χ4v) is 8.03. The first-order chi connectivity index (χ1) is 34.4. The molecule has 3 N–H and O–H groups in total. The normalized spacial score (nSPS) is 14.2. The summed E-state index contributed by atoms with van der Waals surface area (Å²) in [6.07, 6.45) is -2.26. The molecule has 4 unspecified atom stereocenters. The summed E-state index contributed by atoms with van der Waals surface area (Å²) < 4.78 is 9.86. The van der Waals surface area contributed by atoms with E-state index >= 15 is 0 Å². The average molecular weight is 1020 g/mol. The summed E-state index contributed by atoms with van der Waals surface area (Å²) in [6.45, 7) is 3.62. The number of cyclic esters (lactones) is 1. The number of carbonyl (C=O) groups excluding carboxylic acids is 4. The number of hydrogen-bond donors (Lipinski definition) is 3. The number of isocyanates is 1. The number of aromatic hydroxyl groups is 2. The number of rotatable bonds is 11. The summed E-state index contributed by atoms with van der Waals surface area (Å²) in [4.78, 5) is 58.2. The number of fused-ring (bicyclic) bond motifs is 2. The molecule has 0 aliphatic carbocycles. The van der Waals surface area contributed by atoms with E-state index in [0.29, 0.717) is 44.8 Å². The molecule has 1 aliphatic rings. The van der Waals surface area contributed by atoms with E-state index in [1.807, 2.05) is 93.4 Å². The molecule has 370 valence electrons. The molecule has 0 radical (unpaired) electrons. The maximum Gasteiger partial charge on any atom is 0.422 e. The Hall–Kier alpha value is -8.35. The van der Waals surface area contributed by atoms with E-state index in [1.165, 1.54) is 15.7 Å². The maximum atomic E-state index is 13.2. The first kappa shape index (κ1) is 51.5. The molecule has 1 saturated heterocycles. The summed E-state index contributed by atoms with van der Waals surface area (Å²) in [5, 5.41) is 46.9. The molecular formula is C51H48Cl2N10O9. The average Bonchev–Trinajstić information content (AvgIpc) is 4.09. The number of aliphatic hydroxyl groups is 1. The van der Waals surface area contributed by atoms with Crippen LogP contribution < -0.4 is 14.7 Å². The van der Waals surface area contributed by atoms with Gasteiger partial charge in [0.25, 0.3) is 5.91 Å². The van der Waals surface area contributed by atoms with Crippen LogP contribution in [-0.2, 0) is 23.9 Å². The zero-order valence-electron chi connectivity index (χ0n) is 39.9. The van der Waals surface area contributed by atoms with Crippen molar-refractivity contribution in [3.8, 4) is 22.9 Å². The number of carbonyl (C=O) groups is 3. The van der Waals surface area contributed by atoms with Crippen LogP contribution in [0.1, 0.15) is 33.0 Å². The Morgan fingerprint density at radius 3 is 1.57 bits per heavy atom. The minimum atomic E-state index is -1.61. The molecule has 4 atom stereocenters. The number of methoxy groups -OCH3 is 1. The summed E-state index contributed by atoms with van der Waals surface area (Å²) in [5.41, 5.74) is 8.20. The van der Waals surface area contributed by atoms with Gasteiger partial charge in [-0.25, -0.2) is 19.3 Å². The molecule has 3 heterocycles. The highest BCUT2D eigenvalue weighted by Crippen LogP contribution is 2.41. The molecule has 72 heavy (non-hydrogen) atoms. The number of phenols is 2. The van der Waals surface area contributed by atoms with Crippen LogP contribution in [-0.4, -0.2) is 117 Å². The van der Waals surface area contributed by atoms with Crippen LogP contribution in [0.4, 0.5) is 27.5 Å². The topological polar surface area (TPSA) is 231 Å². The predicted octanol–water partition coefficient (Wildman–Crippen LogP) is 8.30. The third-order valence-electron chi connectivity index (χ3n) is 11.2. The molecule has 1 fully saturated rings. The number of anilines is 3. The van der Waals surface area contributed by atoms with Gasteiger partial charge in [-0.15, -0.1) is 53.2 Å². The molecular weight excluding hydrogens is 968 g/mol. The third kappa shape index (κ3) is 11.1. The van der Waals surface area contributed by atoms with E-state index in [2.05, 4.69) is 30.1 Å². The number of aliphatic hydroxyl groups excluding tert-OH is 1. The lowest BCUT2D eigenvalue weighted by Crippen LogP contribution is -2.33. The largest absolute Gasteiger partial charge is 0.505 e. The molecule has 19 nitrogen and oxygen atoms in total. The monoisotopic (exact) mass is 1010 g/mol. The second kappa shape index (κ2) is 22.2. The van der Waals surface area contributed by atoms with Crippen LogP contribution in [0.5, 0.6) is 11.5 Å². The van der Waals surface area contributed by atoms with Crippen molar-refractivity contribution in [2.24, 2.45) is 4.99 Å². The van der Waals surface area contributed by atoms with Crippen molar-refractivity contribution in [2.75, 3.05) is 50.0 Å². The Kier molecular flexibility index (Phi) is 15.9. The van der Waals surface area contributed by atoms with E-state index in [0.717, 1.165) is 34.5 Å². The number of hydrogen-bond acceptors (Lipinski definition) is 16. The number of aryl methyl sites for hydroxylation is 2. The molecule has 1 aliphatic heterocycles. The van der Waals surface area contributed by atoms with E-state index in [9.17, 15) is 34.5 Å². The first-order valence-electron chi connectivity index (χ1n) is 21.9. The maximum absolute atomic E-state index is 13.2. The second-order valence-corrected chi connectivity index (χ2v) is 17.6. The lowest BCUT2D eigenvalue weighted by Gasteiger charge is -2.18. The standard InChI is InChI=1S/C25H22ClN5O4.C17H16ClN3O4.C9H10N2O/c1-14-12-17(22(32)20(13-14)31-27-18-6-4-5-7-19(18)28-31)21(26)23-24(33)30(25(34)35-23)16-10-8-15(9-11-16)29(2)3;1-9-7-10(14(18)16(23)17(24)25-2)15(22)13(8-9)21-19-11-5-3-4-6-12(11)20-21;1-11(2)9-5-3-8(4-6-9)10-7-12/h4-13,21,23,32H,1-3H3;3-8,14,16,22-23H,1-2H3;3-6H,1-2H3. The smallest absolute Gasteiger partial charge is 0.422 e. The Balaban J connectivity index is 0.000000178. The van der Waals surface area contributed by atoms with Crippen LogP contribution in [0.2, 0.25) is 0 Å². The van der Waals surface area contributed by atoms with Crippen molar-refractivity contribution in [2.45, 2.75) is 36.8 Å². The number of aromatic nitrogens is 6. The first-order valence-corrected chi connectivity index (χ1v) is 22.8. The van der Waals surface area contributed by atoms with Gasteiger partial charge in [0.15, 0.2) is 6.10 Å². The molecule has 0 saturated carbocycles. The summed E-state index contributed by atoms with van der Waals surface area (Å²) in [5.74, 6) is -1.91. The molecule has 0 bridgehead atoms. The summed E-state index contributed by atoms with van der Waals surface area (Å²) in [7, 11) is 8.84. The number of alkyl halides is 2. The number of esters is 1. The van der Waals surface area contributed by atoms with E-state index in [1.54, 1.807) is 79.7 Å². The van der Waals surface area contributed by atoms with Crippen molar-refractivity contribution < 1.29 is 44.0 Å². The number of aliphatic imine (C=N–C) groups is 1. The molecule has 2 aromatic heterocycles. The number of amides is 2. The zero-order chi connectivity index (χ0) is 52.0. The highest BCUT2D eigenvalue weighted by molar-refractivity contribution is 6.27. The molecule has 8 aromatic rings. The molecule has 9 rings (SSSR count). The van der Waals surface area contributed by atoms with Gasteiger partial charge in [0, 0.05) is 50.7 Å². The highest BCUT2D eigenvalue weighted by atomic mass is 35.5. The minimum absolute atomic E-state index is 0.191. The quantitative estimate of drug-likeness (QED) is 0.0479. The zero-order valence-corrected chi connectivity index (χ0v) is 41.4. The molecule has 6 aromatic carbocycles. The van der Waals surface area contributed by atoms with Crippen LogP contribution in [0.15, 0.2) is 126 Å². The van der Waals surface area contributed by atoms with Crippen LogP contribution in [0.3, 0.4) is 0 Å². The van der Waals surface area contributed by atoms with Crippen LogP contribution in [0, 0.1) is 13.8 Å². The summed E-state index contributed by atoms with van der Waals surface area (Å²) >= 11 is 12.9. The van der Waals surface area contributed by atoms with Gasteiger partial charge < -0.3 is 34.6 Å². The number of ether oxygens (including phenoxy) is 2. The van der Waals surface area contributed by atoms with Gasteiger partial charge in [-0.2, -0.15) is 4.99 Å². The Morgan fingerprint density at radius 1 is 0.708 bits per heavy atom.